The fraction of sp³-hybridized carbons (Fsp3) is 0.565. The summed E-state index contributed by atoms with van der Waals surface area (Å²) in [4.78, 5) is 0. The van der Waals surface area contributed by atoms with Crippen molar-refractivity contribution in [3.63, 3.8) is 0 Å². The van der Waals surface area contributed by atoms with Crippen LogP contribution in [0.3, 0.4) is 0 Å². The van der Waals surface area contributed by atoms with Gasteiger partial charge in [0.05, 0.1) is 0 Å². The van der Waals surface area contributed by atoms with Gasteiger partial charge < -0.3 is 0 Å². The highest BCUT2D eigenvalue weighted by Gasteiger charge is 1.89. The van der Waals surface area contributed by atoms with Crippen molar-refractivity contribution in [1.82, 2.24) is 0 Å². The second-order valence-corrected chi connectivity index (χ2v) is 4.72. The molecule has 0 amide bonds. The molecule has 0 bridgehead atoms. The third-order valence-electron chi connectivity index (χ3n) is 2.71. The van der Waals surface area contributed by atoms with Crippen LogP contribution in [-0.2, 0) is 0 Å². The Kier molecular flexibility index (Phi) is 37.2. The van der Waals surface area contributed by atoms with E-state index in [-0.39, 0.29) is 0 Å². The standard InChI is InChI=1S/C9H12.C6H12.C4H8.2C2H6/c1-7-4-5-8(2)9(3)6-7;1-3-5-6-4-2;1-3-4-2;2*1-2/h4-6H,1-3H3;3H,1,4-6H2,2H3;3H,1,4H2,2H3;2*1-2H3. The Hall–Kier alpha value is -1.30. The first-order valence-electron chi connectivity index (χ1n) is 9.29. The molecule has 0 spiro atoms. The number of benzene rings is 1. The smallest absolute Gasteiger partial charge is 0.0354 e. The zero-order valence-electron chi connectivity index (χ0n) is 17.6. The van der Waals surface area contributed by atoms with Crippen LogP contribution in [0.5, 0.6) is 0 Å². The molecule has 0 aliphatic carbocycles. The SMILES string of the molecule is C=CCC.C=CCCCC.CC.CC.Cc1ccc(C)c(C)c1. The van der Waals surface area contributed by atoms with Crippen LogP contribution in [0, 0.1) is 20.8 Å². The van der Waals surface area contributed by atoms with Crippen LogP contribution in [0.25, 0.3) is 0 Å². The van der Waals surface area contributed by atoms with Crippen molar-refractivity contribution in [1.29, 1.82) is 0 Å². The van der Waals surface area contributed by atoms with Crippen molar-refractivity contribution in [2.24, 2.45) is 0 Å². The average Bonchev–Trinajstić information content (AvgIpc) is 2.61. The second kappa shape index (κ2) is 28.8. The molecule has 0 fully saturated rings. The maximum atomic E-state index is 3.60. The molecule has 23 heavy (non-hydrogen) atoms. The zero-order chi connectivity index (χ0) is 19.1. The summed E-state index contributed by atoms with van der Waals surface area (Å²) in [6.45, 7) is 25.7. The lowest BCUT2D eigenvalue weighted by molar-refractivity contribution is 0.816. The van der Waals surface area contributed by atoms with Gasteiger partial charge in [-0.2, -0.15) is 0 Å². The molecule has 0 heterocycles. The third-order valence-corrected chi connectivity index (χ3v) is 2.71. The van der Waals surface area contributed by atoms with Crippen LogP contribution in [0.2, 0.25) is 0 Å². The Morgan fingerprint density at radius 2 is 1.30 bits per heavy atom. The lowest BCUT2D eigenvalue weighted by Crippen LogP contribution is -1.79. The summed E-state index contributed by atoms with van der Waals surface area (Å²) in [5, 5.41) is 0. The fourth-order valence-corrected chi connectivity index (χ4v) is 1.24. The molecule has 0 N–H and O–H groups in total. The normalized spacial score (nSPS) is 7.52. The van der Waals surface area contributed by atoms with E-state index in [0.29, 0.717) is 0 Å². The van der Waals surface area contributed by atoms with Crippen molar-refractivity contribution >= 4 is 0 Å². The lowest BCUT2D eigenvalue weighted by atomic mass is 10.1. The van der Waals surface area contributed by atoms with E-state index < -0.39 is 0 Å². The maximum absolute atomic E-state index is 3.60. The molecule has 0 heteroatoms. The van der Waals surface area contributed by atoms with Crippen LogP contribution < -0.4 is 0 Å². The Morgan fingerprint density at radius 3 is 1.52 bits per heavy atom. The molecule has 0 aliphatic rings. The van der Waals surface area contributed by atoms with Crippen molar-refractivity contribution in [2.75, 3.05) is 0 Å². The molecule has 0 unspecified atom stereocenters. The minimum atomic E-state index is 1.08. The van der Waals surface area contributed by atoms with Crippen molar-refractivity contribution < 1.29 is 0 Å². The number of aryl methyl sites for hydroxylation is 3. The van der Waals surface area contributed by atoms with Gasteiger partial charge in [-0.05, 0) is 44.7 Å². The van der Waals surface area contributed by atoms with E-state index in [1.807, 2.05) is 39.8 Å². The summed E-state index contributed by atoms with van der Waals surface area (Å²) < 4.78 is 0. The Labute approximate surface area is 148 Å². The molecule has 1 aromatic carbocycles. The summed E-state index contributed by atoms with van der Waals surface area (Å²) in [5.41, 5.74) is 4.11. The molecule has 1 aromatic rings. The molecule has 0 atom stereocenters. The van der Waals surface area contributed by atoms with E-state index in [1.54, 1.807) is 0 Å². The highest BCUT2D eigenvalue weighted by atomic mass is 13.9. The fourth-order valence-electron chi connectivity index (χ4n) is 1.24. The molecule has 0 radical (unpaired) electrons. The zero-order valence-corrected chi connectivity index (χ0v) is 17.6. The summed E-state index contributed by atoms with van der Waals surface area (Å²) in [6, 6.07) is 6.50. The van der Waals surface area contributed by atoms with Crippen LogP contribution in [0.1, 0.15) is 83.9 Å². The van der Waals surface area contributed by atoms with Crippen molar-refractivity contribution in [3.05, 3.63) is 60.2 Å². The van der Waals surface area contributed by atoms with Gasteiger partial charge in [0.25, 0.3) is 0 Å². The summed E-state index contributed by atoms with van der Waals surface area (Å²) >= 11 is 0. The highest BCUT2D eigenvalue weighted by Crippen LogP contribution is 2.07. The second-order valence-electron chi connectivity index (χ2n) is 4.72. The lowest BCUT2D eigenvalue weighted by Gasteiger charge is -1.98. The number of unbranched alkanes of at least 4 members (excludes halogenated alkanes) is 2. The molecule has 0 saturated heterocycles. The molecular formula is C23H44. The van der Waals surface area contributed by atoms with Gasteiger partial charge in [-0.1, -0.05) is 90.3 Å². The summed E-state index contributed by atoms with van der Waals surface area (Å²) in [6.07, 6.45) is 8.68. The van der Waals surface area contributed by atoms with E-state index in [9.17, 15) is 0 Å². The monoisotopic (exact) mass is 320 g/mol. The first kappa shape index (κ1) is 29.7. The maximum Gasteiger partial charge on any atom is -0.0354 e. The van der Waals surface area contributed by atoms with Gasteiger partial charge in [0.15, 0.2) is 0 Å². The van der Waals surface area contributed by atoms with Crippen LogP contribution in [-0.4, -0.2) is 0 Å². The van der Waals surface area contributed by atoms with Crippen molar-refractivity contribution in [3.8, 4) is 0 Å². The highest BCUT2D eigenvalue weighted by molar-refractivity contribution is 5.28. The first-order chi connectivity index (χ1) is 11.0. The Balaban J connectivity index is -0.000000113. The largest absolute Gasteiger partial charge is 0.103 e. The number of allylic oxidation sites excluding steroid dienone is 2. The predicted molar refractivity (Wildman–Crippen MR) is 114 cm³/mol. The quantitative estimate of drug-likeness (QED) is 0.385. The van der Waals surface area contributed by atoms with Gasteiger partial charge in [-0.25, -0.2) is 0 Å². The minimum absolute atomic E-state index is 1.08. The van der Waals surface area contributed by atoms with E-state index >= 15 is 0 Å². The molecule has 136 valence electrons. The van der Waals surface area contributed by atoms with Gasteiger partial charge in [0.1, 0.15) is 0 Å². The summed E-state index contributed by atoms with van der Waals surface area (Å²) in [7, 11) is 0. The molecule has 0 saturated carbocycles. The van der Waals surface area contributed by atoms with Crippen LogP contribution in [0.4, 0.5) is 0 Å². The van der Waals surface area contributed by atoms with Crippen molar-refractivity contribution in [2.45, 2.75) is 88.0 Å². The predicted octanol–water partition coefficient (Wildman–Crippen LogP) is 8.61. The van der Waals surface area contributed by atoms with Gasteiger partial charge in [-0.3, -0.25) is 0 Å². The first-order valence-corrected chi connectivity index (χ1v) is 9.29. The average molecular weight is 321 g/mol. The number of hydrogen-bond acceptors (Lipinski definition) is 0. The number of hydrogen-bond donors (Lipinski definition) is 0. The molecule has 1 rings (SSSR count). The van der Waals surface area contributed by atoms with E-state index in [4.69, 9.17) is 0 Å². The molecule has 0 aromatic heterocycles. The van der Waals surface area contributed by atoms with Crippen LogP contribution >= 0.6 is 0 Å². The van der Waals surface area contributed by atoms with Gasteiger partial charge in [0, 0.05) is 0 Å². The van der Waals surface area contributed by atoms with Gasteiger partial charge in [0.2, 0.25) is 0 Å². The Bertz CT molecular complexity index is 334. The molecule has 0 nitrogen and oxygen atoms in total. The van der Waals surface area contributed by atoms with E-state index in [2.05, 4.69) is 66.0 Å². The van der Waals surface area contributed by atoms with Gasteiger partial charge >= 0.3 is 0 Å². The van der Waals surface area contributed by atoms with Gasteiger partial charge in [-0.15, -0.1) is 13.2 Å². The van der Waals surface area contributed by atoms with E-state index in [1.165, 1.54) is 36.0 Å². The van der Waals surface area contributed by atoms with Crippen LogP contribution in [0.15, 0.2) is 43.5 Å². The number of rotatable bonds is 4. The molecular weight excluding hydrogens is 276 g/mol. The topological polar surface area (TPSA) is 0 Å². The minimum Gasteiger partial charge on any atom is -0.103 e. The van der Waals surface area contributed by atoms with E-state index in [0.717, 1.165) is 6.42 Å². The third kappa shape index (κ3) is 29.4. The Morgan fingerprint density at radius 1 is 0.826 bits per heavy atom. The summed E-state index contributed by atoms with van der Waals surface area (Å²) in [5.74, 6) is 0. The molecule has 0 aliphatic heterocycles.